The lowest BCUT2D eigenvalue weighted by Gasteiger charge is -2.21. The molecular formula is C14H18F2N2OS. The predicted molar refractivity (Wildman–Crippen MR) is 77.1 cm³/mol. The van der Waals surface area contributed by atoms with Gasteiger partial charge in [0.25, 0.3) is 5.76 Å². The van der Waals surface area contributed by atoms with Crippen LogP contribution in [0.15, 0.2) is 29.2 Å². The first-order chi connectivity index (χ1) is 9.63. The summed E-state index contributed by atoms with van der Waals surface area (Å²) in [5.41, 5.74) is 0.655. The van der Waals surface area contributed by atoms with Crippen LogP contribution >= 0.6 is 11.8 Å². The van der Waals surface area contributed by atoms with Gasteiger partial charge in [0.15, 0.2) is 0 Å². The van der Waals surface area contributed by atoms with Crippen LogP contribution in [0.5, 0.6) is 0 Å². The van der Waals surface area contributed by atoms with Crippen molar-refractivity contribution in [3.63, 3.8) is 0 Å². The summed E-state index contributed by atoms with van der Waals surface area (Å²) in [5.74, 6) is -1.99. The molecular weight excluding hydrogens is 282 g/mol. The fourth-order valence-corrected chi connectivity index (χ4v) is 2.78. The molecule has 1 aliphatic heterocycles. The molecule has 0 atom stereocenters. The summed E-state index contributed by atoms with van der Waals surface area (Å²) >= 11 is 0.502. The molecule has 0 radical (unpaired) electrons. The summed E-state index contributed by atoms with van der Waals surface area (Å²) in [7, 11) is 0. The van der Waals surface area contributed by atoms with Crippen molar-refractivity contribution in [2.45, 2.75) is 29.9 Å². The van der Waals surface area contributed by atoms with Crippen molar-refractivity contribution < 1.29 is 13.6 Å². The predicted octanol–water partition coefficient (Wildman–Crippen LogP) is 3.33. The maximum absolute atomic E-state index is 12.2. The number of carbonyl (C=O) groups is 1. The van der Waals surface area contributed by atoms with Crippen molar-refractivity contribution in [2.24, 2.45) is 5.92 Å². The second-order valence-corrected chi connectivity index (χ2v) is 5.91. The van der Waals surface area contributed by atoms with E-state index in [9.17, 15) is 13.6 Å². The third-order valence-corrected chi connectivity index (χ3v) is 4.02. The van der Waals surface area contributed by atoms with E-state index < -0.39 is 5.76 Å². The second kappa shape index (κ2) is 7.59. The average molecular weight is 300 g/mol. The van der Waals surface area contributed by atoms with Crippen LogP contribution in [0.2, 0.25) is 0 Å². The molecule has 2 rings (SSSR count). The quantitative estimate of drug-likeness (QED) is 0.820. The van der Waals surface area contributed by atoms with E-state index in [-0.39, 0.29) is 5.91 Å². The Labute approximate surface area is 121 Å². The molecule has 0 bridgehead atoms. The van der Waals surface area contributed by atoms with E-state index in [2.05, 4.69) is 10.6 Å². The number of alkyl halides is 2. The maximum Gasteiger partial charge on any atom is 0.288 e. The number of hydrogen-bond donors (Lipinski definition) is 2. The molecule has 3 nitrogen and oxygen atoms in total. The lowest BCUT2D eigenvalue weighted by Crippen LogP contribution is -2.30. The van der Waals surface area contributed by atoms with Crippen molar-refractivity contribution in [3.8, 4) is 0 Å². The highest BCUT2D eigenvalue weighted by atomic mass is 32.2. The largest absolute Gasteiger partial charge is 0.326 e. The van der Waals surface area contributed by atoms with Gasteiger partial charge in [0, 0.05) is 17.0 Å². The Balaban J connectivity index is 1.81. The number of anilines is 1. The smallest absolute Gasteiger partial charge is 0.288 e. The molecule has 1 aliphatic rings. The highest BCUT2D eigenvalue weighted by Gasteiger charge is 2.16. The van der Waals surface area contributed by atoms with Gasteiger partial charge in [-0.25, -0.2) is 0 Å². The summed E-state index contributed by atoms with van der Waals surface area (Å²) in [4.78, 5) is 12.4. The normalized spacial score (nSPS) is 16.4. The lowest BCUT2D eigenvalue weighted by atomic mass is 9.94. The number of nitrogens with one attached hydrogen (secondary N) is 2. The van der Waals surface area contributed by atoms with Gasteiger partial charge in [0.05, 0.1) is 0 Å². The monoisotopic (exact) mass is 300 g/mol. The van der Waals surface area contributed by atoms with Gasteiger partial charge in [-0.1, -0.05) is 11.8 Å². The number of rotatable bonds is 5. The molecule has 0 aliphatic carbocycles. The molecule has 0 spiro atoms. The Morgan fingerprint density at radius 1 is 1.30 bits per heavy atom. The zero-order chi connectivity index (χ0) is 14.4. The first-order valence-electron chi connectivity index (χ1n) is 6.69. The molecule has 1 aromatic rings. The molecule has 20 heavy (non-hydrogen) atoms. The van der Waals surface area contributed by atoms with Crippen LogP contribution in [0.3, 0.4) is 0 Å². The van der Waals surface area contributed by atoms with Crippen LogP contribution in [-0.2, 0) is 4.79 Å². The second-order valence-electron chi connectivity index (χ2n) is 4.85. The van der Waals surface area contributed by atoms with E-state index in [1.165, 1.54) is 0 Å². The molecule has 0 aromatic heterocycles. The summed E-state index contributed by atoms with van der Waals surface area (Å²) in [6, 6.07) is 6.50. The molecule has 6 heteroatoms. The van der Waals surface area contributed by atoms with Gasteiger partial charge in [-0.2, -0.15) is 8.78 Å². The highest BCUT2D eigenvalue weighted by Crippen LogP contribution is 2.26. The van der Waals surface area contributed by atoms with Crippen LogP contribution in [0.1, 0.15) is 19.3 Å². The van der Waals surface area contributed by atoms with Gasteiger partial charge < -0.3 is 10.6 Å². The number of hydrogen-bond acceptors (Lipinski definition) is 3. The molecule has 0 saturated carbocycles. The fraction of sp³-hybridized carbons (Fsp3) is 0.500. The van der Waals surface area contributed by atoms with E-state index in [0.29, 0.717) is 34.7 Å². The third kappa shape index (κ3) is 5.09. The number of carbonyl (C=O) groups excluding carboxylic acids is 1. The lowest BCUT2D eigenvalue weighted by molar-refractivity contribution is -0.117. The van der Waals surface area contributed by atoms with Crippen molar-refractivity contribution >= 4 is 23.4 Å². The van der Waals surface area contributed by atoms with Crippen LogP contribution in [0, 0.1) is 5.92 Å². The SMILES string of the molecule is O=C(CC1CCNCC1)Nc1ccc(SC(F)F)cc1. The van der Waals surface area contributed by atoms with Crippen LogP contribution < -0.4 is 10.6 Å². The molecule has 1 fully saturated rings. The van der Waals surface area contributed by atoms with Gasteiger partial charge >= 0.3 is 0 Å². The first-order valence-corrected chi connectivity index (χ1v) is 7.57. The van der Waals surface area contributed by atoms with Gasteiger partial charge in [0.1, 0.15) is 0 Å². The number of thioether (sulfide) groups is 1. The highest BCUT2D eigenvalue weighted by molar-refractivity contribution is 7.99. The number of halogens is 2. The Kier molecular flexibility index (Phi) is 5.79. The minimum absolute atomic E-state index is 0.00818. The first kappa shape index (κ1) is 15.3. The van der Waals surface area contributed by atoms with Crippen LogP contribution in [0.25, 0.3) is 0 Å². The molecule has 2 N–H and O–H groups in total. The van der Waals surface area contributed by atoms with Gasteiger partial charge in [-0.15, -0.1) is 0 Å². The zero-order valence-electron chi connectivity index (χ0n) is 11.1. The Hall–Kier alpha value is -1.14. The van der Waals surface area contributed by atoms with E-state index in [0.717, 1.165) is 25.9 Å². The van der Waals surface area contributed by atoms with E-state index >= 15 is 0 Å². The van der Waals surface area contributed by atoms with Crippen molar-refractivity contribution in [1.29, 1.82) is 0 Å². The van der Waals surface area contributed by atoms with Crippen LogP contribution in [0.4, 0.5) is 14.5 Å². The van der Waals surface area contributed by atoms with Gasteiger partial charge in [-0.05, 0) is 56.1 Å². The molecule has 1 heterocycles. The fourth-order valence-electron chi connectivity index (χ4n) is 2.28. The minimum Gasteiger partial charge on any atom is -0.326 e. The summed E-state index contributed by atoms with van der Waals surface area (Å²) in [5, 5.41) is 6.08. The molecule has 1 aromatic carbocycles. The third-order valence-electron chi connectivity index (χ3n) is 3.30. The summed E-state index contributed by atoms with van der Waals surface area (Å²) in [6.45, 7) is 1.94. The molecule has 1 amide bonds. The van der Waals surface area contributed by atoms with Gasteiger partial charge in [0.2, 0.25) is 5.91 Å². The number of piperidine rings is 1. The standard InChI is InChI=1S/C14H18F2N2OS/c15-14(16)20-12-3-1-11(2-4-12)18-13(19)9-10-5-7-17-8-6-10/h1-4,10,14,17H,5-9H2,(H,18,19). The van der Waals surface area contributed by atoms with Crippen molar-refractivity contribution in [1.82, 2.24) is 5.32 Å². The van der Waals surface area contributed by atoms with Crippen molar-refractivity contribution in [3.05, 3.63) is 24.3 Å². The Morgan fingerprint density at radius 3 is 2.55 bits per heavy atom. The van der Waals surface area contributed by atoms with E-state index in [1.54, 1.807) is 24.3 Å². The zero-order valence-corrected chi connectivity index (χ0v) is 11.9. The number of benzene rings is 1. The minimum atomic E-state index is -2.42. The number of amides is 1. The Morgan fingerprint density at radius 2 is 1.95 bits per heavy atom. The Bertz CT molecular complexity index is 433. The molecule has 110 valence electrons. The van der Waals surface area contributed by atoms with Crippen molar-refractivity contribution in [2.75, 3.05) is 18.4 Å². The average Bonchev–Trinajstić information content (AvgIpc) is 2.41. The maximum atomic E-state index is 12.2. The summed E-state index contributed by atoms with van der Waals surface area (Å²) < 4.78 is 24.4. The molecule has 0 unspecified atom stereocenters. The molecule has 1 saturated heterocycles. The summed E-state index contributed by atoms with van der Waals surface area (Å²) in [6.07, 6.45) is 2.57. The van der Waals surface area contributed by atoms with Gasteiger partial charge in [-0.3, -0.25) is 4.79 Å². The van der Waals surface area contributed by atoms with Crippen LogP contribution in [-0.4, -0.2) is 24.8 Å². The van der Waals surface area contributed by atoms with E-state index in [1.807, 2.05) is 0 Å². The van der Waals surface area contributed by atoms with E-state index in [4.69, 9.17) is 0 Å². The topological polar surface area (TPSA) is 41.1 Å².